The van der Waals surface area contributed by atoms with E-state index in [0.29, 0.717) is 30.5 Å². The molecule has 2 rings (SSSR count). The highest BCUT2D eigenvalue weighted by Crippen LogP contribution is 2.30. The number of ether oxygens (including phenoxy) is 1. The molecule has 1 aromatic heterocycles. The quantitative estimate of drug-likeness (QED) is 0.865. The van der Waals surface area contributed by atoms with Crippen LogP contribution in [0.25, 0.3) is 0 Å². The maximum absolute atomic E-state index is 12.8. The molecule has 1 aliphatic heterocycles. The summed E-state index contributed by atoms with van der Waals surface area (Å²) in [6.45, 7) is 6.29. The zero-order valence-electron chi connectivity index (χ0n) is 12.9. The van der Waals surface area contributed by atoms with Crippen LogP contribution in [0.3, 0.4) is 0 Å². The molecule has 0 saturated carbocycles. The number of rotatable bonds is 6. The van der Waals surface area contributed by atoms with E-state index in [1.165, 1.54) is 11.3 Å². The first-order chi connectivity index (χ1) is 9.98. The molecule has 1 fully saturated rings. The Morgan fingerprint density at radius 2 is 2.29 bits per heavy atom. The number of nitrogens with one attached hydrogen (secondary N) is 1. The third-order valence-electron chi connectivity index (χ3n) is 3.67. The van der Waals surface area contributed by atoms with Gasteiger partial charge in [-0.3, -0.25) is 0 Å². The van der Waals surface area contributed by atoms with Crippen molar-refractivity contribution < 1.29 is 13.2 Å². The molecule has 2 heterocycles. The molecule has 1 saturated heterocycles. The number of hydrogen-bond acceptors (Lipinski definition) is 5. The van der Waals surface area contributed by atoms with Crippen molar-refractivity contribution in [3.63, 3.8) is 0 Å². The van der Waals surface area contributed by atoms with Crippen molar-refractivity contribution in [2.45, 2.75) is 43.5 Å². The van der Waals surface area contributed by atoms with Gasteiger partial charge in [0.25, 0.3) is 10.0 Å². The van der Waals surface area contributed by atoms with E-state index in [1.807, 2.05) is 20.9 Å². The molecule has 1 aliphatic rings. The van der Waals surface area contributed by atoms with Gasteiger partial charge in [0.2, 0.25) is 0 Å². The number of sulfonamides is 1. The summed E-state index contributed by atoms with van der Waals surface area (Å²) in [4.78, 5) is 1.08. The van der Waals surface area contributed by atoms with Gasteiger partial charge in [-0.15, -0.1) is 11.3 Å². The van der Waals surface area contributed by atoms with E-state index in [0.717, 1.165) is 23.3 Å². The van der Waals surface area contributed by atoms with Gasteiger partial charge in [0.1, 0.15) is 4.21 Å². The van der Waals surface area contributed by atoms with Crippen molar-refractivity contribution in [3.05, 3.63) is 16.5 Å². The summed E-state index contributed by atoms with van der Waals surface area (Å²) in [7, 11) is -1.52. The van der Waals surface area contributed by atoms with E-state index in [1.54, 1.807) is 10.4 Å². The Hall–Kier alpha value is -0.470. The lowest BCUT2D eigenvalue weighted by Crippen LogP contribution is -2.42. The van der Waals surface area contributed by atoms with E-state index in [-0.39, 0.29) is 6.10 Å². The van der Waals surface area contributed by atoms with E-state index >= 15 is 0 Å². The second-order valence-corrected chi connectivity index (χ2v) is 8.59. The minimum absolute atomic E-state index is 0.0244. The first-order valence-electron chi connectivity index (χ1n) is 7.34. The van der Waals surface area contributed by atoms with Crippen LogP contribution in [0, 0.1) is 6.92 Å². The molecule has 1 N–H and O–H groups in total. The zero-order valence-corrected chi connectivity index (χ0v) is 14.5. The van der Waals surface area contributed by atoms with Crippen LogP contribution in [0.1, 0.15) is 30.2 Å². The smallest absolute Gasteiger partial charge is 0.252 e. The van der Waals surface area contributed by atoms with Crippen molar-refractivity contribution in [2.75, 3.05) is 26.7 Å². The summed E-state index contributed by atoms with van der Waals surface area (Å²) in [5, 5.41) is 3.07. The monoisotopic (exact) mass is 332 g/mol. The lowest BCUT2D eigenvalue weighted by molar-refractivity contribution is 0.0265. The van der Waals surface area contributed by atoms with Crippen molar-refractivity contribution in [1.82, 2.24) is 9.62 Å². The highest BCUT2D eigenvalue weighted by Gasteiger charge is 2.32. The van der Waals surface area contributed by atoms with Gasteiger partial charge in [0.15, 0.2) is 0 Å². The van der Waals surface area contributed by atoms with Gasteiger partial charge in [-0.05, 0) is 45.4 Å². The molecule has 21 heavy (non-hydrogen) atoms. The second kappa shape index (κ2) is 7.19. The maximum atomic E-state index is 12.8. The third-order valence-corrected chi connectivity index (χ3v) is 7.22. The molecule has 1 aromatic rings. The molecule has 0 aromatic carbocycles. The van der Waals surface area contributed by atoms with Crippen LogP contribution in [0.5, 0.6) is 0 Å². The average Bonchev–Trinajstić information content (AvgIpc) is 2.82. The molecule has 1 unspecified atom stereocenters. The minimum atomic E-state index is -3.39. The largest absolute Gasteiger partial charge is 0.377 e. The lowest BCUT2D eigenvalue weighted by atomic mass is 10.1. The Morgan fingerprint density at radius 3 is 2.95 bits per heavy atom. The molecule has 7 heteroatoms. The Morgan fingerprint density at radius 1 is 1.52 bits per heavy atom. The van der Waals surface area contributed by atoms with E-state index < -0.39 is 10.0 Å². The third kappa shape index (κ3) is 3.84. The van der Waals surface area contributed by atoms with Crippen LogP contribution in [0.15, 0.2) is 10.3 Å². The molecule has 0 bridgehead atoms. The van der Waals surface area contributed by atoms with Crippen LogP contribution >= 0.6 is 11.3 Å². The molecule has 0 spiro atoms. The standard InChI is InChI=1S/C14H24N2O3S2/c1-4-19-12-6-5-7-16(10-12)21(17,18)14-8-11(2)13(20-14)9-15-3/h8,12,15H,4-7,9-10H2,1-3H3. The fourth-order valence-electron chi connectivity index (χ4n) is 2.57. The average molecular weight is 332 g/mol. The topological polar surface area (TPSA) is 58.6 Å². The lowest BCUT2D eigenvalue weighted by Gasteiger charge is -2.31. The normalized spacial score (nSPS) is 20.8. The summed E-state index contributed by atoms with van der Waals surface area (Å²) in [6.07, 6.45) is 1.82. The van der Waals surface area contributed by atoms with Gasteiger partial charge in [0, 0.05) is 31.1 Å². The number of thiophene rings is 1. The van der Waals surface area contributed by atoms with E-state index in [9.17, 15) is 8.42 Å². The van der Waals surface area contributed by atoms with Crippen molar-refractivity contribution in [3.8, 4) is 0 Å². The fourth-order valence-corrected chi connectivity index (χ4v) is 5.84. The van der Waals surface area contributed by atoms with E-state index in [4.69, 9.17) is 4.74 Å². The summed E-state index contributed by atoms with van der Waals surface area (Å²) >= 11 is 1.37. The van der Waals surface area contributed by atoms with Crippen LogP contribution < -0.4 is 5.32 Å². The highest BCUT2D eigenvalue weighted by molar-refractivity contribution is 7.91. The first kappa shape index (κ1) is 16.9. The van der Waals surface area contributed by atoms with E-state index in [2.05, 4.69) is 5.32 Å². The molecule has 5 nitrogen and oxygen atoms in total. The van der Waals surface area contributed by atoms with Crippen LogP contribution in [0.4, 0.5) is 0 Å². The zero-order chi connectivity index (χ0) is 15.5. The summed E-state index contributed by atoms with van der Waals surface area (Å²) in [5.41, 5.74) is 1.03. The summed E-state index contributed by atoms with van der Waals surface area (Å²) < 4.78 is 33.2. The molecule has 0 aliphatic carbocycles. The first-order valence-corrected chi connectivity index (χ1v) is 9.60. The van der Waals surface area contributed by atoms with Gasteiger partial charge in [0.05, 0.1) is 6.10 Å². The van der Waals surface area contributed by atoms with Gasteiger partial charge in [-0.2, -0.15) is 4.31 Å². The number of aryl methyl sites for hydroxylation is 1. The fraction of sp³-hybridized carbons (Fsp3) is 0.714. The summed E-state index contributed by atoms with van der Waals surface area (Å²) in [5.74, 6) is 0. The van der Waals surface area contributed by atoms with Crippen LogP contribution in [0.2, 0.25) is 0 Å². The van der Waals surface area contributed by atoms with Crippen molar-refractivity contribution in [2.24, 2.45) is 0 Å². The SMILES string of the molecule is CCOC1CCCN(S(=O)(=O)c2cc(C)c(CNC)s2)C1. The maximum Gasteiger partial charge on any atom is 0.252 e. The van der Waals surface area contributed by atoms with Crippen LogP contribution in [-0.2, 0) is 21.3 Å². The predicted octanol–water partition coefficient (Wildman–Crippen LogP) is 1.97. The van der Waals surface area contributed by atoms with Gasteiger partial charge in [-0.25, -0.2) is 8.42 Å². The highest BCUT2D eigenvalue weighted by atomic mass is 32.2. The Kier molecular flexibility index (Phi) is 5.79. The Bertz CT molecular complexity index is 567. The van der Waals surface area contributed by atoms with Crippen LogP contribution in [-0.4, -0.2) is 45.6 Å². The number of piperidine rings is 1. The molecule has 0 radical (unpaired) electrons. The molecular weight excluding hydrogens is 308 g/mol. The number of nitrogens with zero attached hydrogens (tertiary/aromatic N) is 1. The molecule has 120 valence electrons. The van der Waals surface area contributed by atoms with Gasteiger partial charge >= 0.3 is 0 Å². The van der Waals surface area contributed by atoms with Gasteiger partial charge < -0.3 is 10.1 Å². The Labute approximate surface area is 131 Å². The predicted molar refractivity (Wildman–Crippen MR) is 85.2 cm³/mol. The van der Waals surface area contributed by atoms with Gasteiger partial charge in [-0.1, -0.05) is 0 Å². The summed E-state index contributed by atoms with van der Waals surface area (Å²) in [6, 6.07) is 1.79. The number of hydrogen-bond donors (Lipinski definition) is 1. The Balaban J connectivity index is 2.19. The molecule has 0 amide bonds. The second-order valence-electron chi connectivity index (χ2n) is 5.28. The molecular formula is C14H24N2O3S2. The minimum Gasteiger partial charge on any atom is -0.377 e. The molecule has 1 atom stereocenters. The van der Waals surface area contributed by atoms with Crippen molar-refractivity contribution >= 4 is 21.4 Å². The van der Waals surface area contributed by atoms with Crippen molar-refractivity contribution in [1.29, 1.82) is 0 Å².